The quantitative estimate of drug-likeness (QED) is 0.675. The van der Waals surface area contributed by atoms with Crippen molar-refractivity contribution in [1.82, 2.24) is 15.2 Å². The van der Waals surface area contributed by atoms with Gasteiger partial charge in [-0.05, 0) is 23.8 Å². The summed E-state index contributed by atoms with van der Waals surface area (Å²) in [4.78, 5) is 16.1. The Kier molecular flexibility index (Phi) is 5.26. The number of benzene rings is 1. The molecule has 3 aromatic rings. The number of hydrogen-bond acceptors (Lipinski definition) is 6. The van der Waals surface area contributed by atoms with Crippen molar-refractivity contribution in [2.45, 2.75) is 6.54 Å². The minimum atomic E-state index is -0.244. The van der Waals surface area contributed by atoms with E-state index in [-0.39, 0.29) is 5.91 Å². The molecule has 0 saturated heterocycles. The van der Waals surface area contributed by atoms with Crippen LogP contribution in [0.5, 0.6) is 0 Å². The second kappa shape index (κ2) is 7.98. The first-order valence-electron chi connectivity index (χ1n) is 7.31. The first kappa shape index (κ1) is 15.8. The number of anilines is 2. The molecule has 0 spiro atoms. The molecule has 1 amide bonds. The SMILES string of the molecule is O=C(C=Cc1ccccc1)Nc1nnc(NCc2ccccn2)s1. The van der Waals surface area contributed by atoms with Gasteiger partial charge in [-0.3, -0.25) is 15.1 Å². The van der Waals surface area contributed by atoms with E-state index in [2.05, 4.69) is 25.8 Å². The van der Waals surface area contributed by atoms with Crippen LogP contribution in [0.2, 0.25) is 0 Å². The fourth-order valence-electron chi connectivity index (χ4n) is 1.90. The van der Waals surface area contributed by atoms with Crippen molar-refractivity contribution in [3.8, 4) is 0 Å². The molecule has 2 N–H and O–H groups in total. The van der Waals surface area contributed by atoms with Crippen LogP contribution in [0.1, 0.15) is 11.3 Å². The summed E-state index contributed by atoms with van der Waals surface area (Å²) in [6.45, 7) is 0.553. The van der Waals surface area contributed by atoms with Gasteiger partial charge in [0.25, 0.3) is 0 Å². The smallest absolute Gasteiger partial charge is 0.250 e. The van der Waals surface area contributed by atoms with Crippen LogP contribution in [0, 0.1) is 0 Å². The Morgan fingerprint density at radius 3 is 2.62 bits per heavy atom. The van der Waals surface area contributed by atoms with Gasteiger partial charge in [0.2, 0.25) is 16.2 Å². The lowest BCUT2D eigenvalue weighted by Gasteiger charge is -2.00. The lowest BCUT2D eigenvalue weighted by atomic mass is 10.2. The molecule has 0 atom stereocenters. The first-order valence-corrected chi connectivity index (χ1v) is 8.13. The molecule has 0 aliphatic heterocycles. The number of pyridine rings is 1. The Morgan fingerprint density at radius 2 is 1.83 bits per heavy atom. The number of rotatable bonds is 6. The molecule has 0 unspecified atom stereocenters. The molecule has 0 fully saturated rings. The summed E-state index contributed by atoms with van der Waals surface area (Å²) in [5, 5.41) is 14.8. The molecule has 1 aromatic carbocycles. The number of aromatic nitrogens is 3. The lowest BCUT2D eigenvalue weighted by Crippen LogP contribution is -2.07. The summed E-state index contributed by atoms with van der Waals surface area (Å²) in [7, 11) is 0. The van der Waals surface area contributed by atoms with E-state index in [1.165, 1.54) is 17.4 Å². The van der Waals surface area contributed by atoms with E-state index >= 15 is 0 Å². The molecule has 0 radical (unpaired) electrons. The van der Waals surface area contributed by atoms with E-state index in [1.54, 1.807) is 12.3 Å². The summed E-state index contributed by atoms with van der Waals surface area (Å²) in [6, 6.07) is 15.3. The van der Waals surface area contributed by atoms with Gasteiger partial charge in [0, 0.05) is 12.3 Å². The summed E-state index contributed by atoms with van der Waals surface area (Å²) < 4.78 is 0. The number of hydrogen-bond donors (Lipinski definition) is 2. The first-order chi connectivity index (χ1) is 11.8. The third kappa shape index (κ3) is 4.72. The van der Waals surface area contributed by atoms with E-state index in [4.69, 9.17) is 0 Å². The highest BCUT2D eigenvalue weighted by molar-refractivity contribution is 7.19. The van der Waals surface area contributed by atoms with E-state index in [0.717, 1.165) is 11.3 Å². The van der Waals surface area contributed by atoms with Crippen LogP contribution in [0.3, 0.4) is 0 Å². The van der Waals surface area contributed by atoms with Gasteiger partial charge in [-0.15, -0.1) is 10.2 Å². The summed E-state index contributed by atoms with van der Waals surface area (Å²) >= 11 is 1.28. The Bertz CT molecular complexity index is 817. The highest BCUT2D eigenvalue weighted by atomic mass is 32.1. The van der Waals surface area contributed by atoms with E-state index in [1.807, 2.05) is 48.5 Å². The van der Waals surface area contributed by atoms with E-state index in [9.17, 15) is 4.79 Å². The van der Waals surface area contributed by atoms with Gasteiger partial charge in [-0.25, -0.2) is 0 Å². The van der Waals surface area contributed by atoms with Gasteiger partial charge in [-0.2, -0.15) is 0 Å². The Labute approximate surface area is 143 Å². The molecule has 2 heterocycles. The van der Waals surface area contributed by atoms with Crippen LogP contribution in [-0.4, -0.2) is 21.1 Å². The summed E-state index contributed by atoms with van der Waals surface area (Å²) in [5.74, 6) is -0.244. The predicted octanol–water partition coefficient (Wildman–Crippen LogP) is 3.20. The average molecular weight is 337 g/mol. The number of carbonyl (C=O) groups is 1. The van der Waals surface area contributed by atoms with Crippen LogP contribution in [0.4, 0.5) is 10.3 Å². The standard InChI is InChI=1S/C17H15N5OS/c23-15(10-9-13-6-2-1-3-7-13)20-17-22-21-16(24-17)19-12-14-8-4-5-11-18-14/h1-11H,12H2,(H,19,21)(H,20,22,23). The molecule has 6 nitrogen and oxygen atoms in total. The Morgan fingerprint density at radius 1 is 1.04 bits per heavy atom. The van der Waals surface area contributed by atoms with Crippen molar-refractivity contribution in [1.29, 1.82) is 0 Å². The maximum Gasteiger partial charge on any atom is 0.250 e. The number of amides is 1. The lowest BCUT2D eigenvalue weighted by molar-refractivity contribution is -0.111. The van der Waals surface area contributed by atoms with Gasteiger partial charge < -0.3 is 5.32 Å². The van der Waals surface area contributed by atoms with Gasteiger partial charge in [-0.1, -0.05) is 47.7 Å². The van der Waals surface area contributed by atoms with Gasteiger partial charge in [0.1, 0.15) is 0 Å². The molecular weight excluding hydrogens is 322 g/mol. The van der Waals surface area contributed by atoms with Gasteiger partial charge in [0.05, 0.1) is 12.2 Å². The number of nitrogens with zero attached hydrogens (tertiary/aromatic N) is 3. The predicted molar refractivity (Wildman–Crippen MR) is 95.6 cm³/mol. The zero-order valence-electron chi connectivity index (χ0n) is 12.7. The van der Waals surface area contributed by atoms with Crippen molar-refractivity contribution < 1.29 is 4.79 Å². The van der Waals surface area contributed by atoms with Gasteiger partial charge in [0.15, 0.2) is 0 Å². The third-order valence-electron chi connectivity index (χ3n) is 3.03. The van der Waals surface area contributed by atoms with Crippen molar-refractivity contribution >= 4 is 33.6 Å². The Hall–Kier alpha value is -3.06. The minimum absolute atomic E-state index is 0.244. The molecular formula is C17H15N5OS. The fraction of sp³-hybridized carbons (Fsp3) is 0.0588. The zero-order valence-corrected chi connectivity index (χ0v) is 13.5. The van der Waals surface area contributed by atoms with Crippen LogP contribution in [-0.2, 0) is 11.3 Å². The third-order valence-corrected chi connectivity index (χ3v) is 3.83. The molecule has 0 bridgehead atoms. The second-order valence-electron chi connectivity index (χ2n) is 4.82. The summed E-state index contributed by atoms with van der Waals surface area (Å²) in [6.07, 6.45) is 4.95. The topological polar surface area (TPSA) is 79.8 Å². The number of nitrogens with one attached hydrogen (secondary N) is 2. The maximum absolute atomic E-state index is 11.9. The highest BCUT2D eigenvalue weighted by Gasteiger charge is 2.06. The molecule has 7 heteroatoms. The molecule has 24 heavy (non-hydrogen) atoms. The largest absolute Gasteiger partial charge is 0.354 e. The highest BCUT2D eigenvalue weighted by Crippen LogP contribution is 2.20. The molecule has 3 rings (SSSR count). The van der Waals surface area contributed by atoms with Crippen molar-refractivity contribution in [2.24, 2.45) is 0 Å². The molecule has 0 aliphatic carbocycles. The van der Waals surface area contributed by atoms with Crippen LogP contribution in [0.25, 0.3) is 6.08 Å². The van der Waals surface area contributed by atoms with Crippen LogP contribution >= 0.6 is 11.3 Å². The fourth-order valence-corrected chi connectivity index (χ4v) is 2.54. The normalized spacial score (nSPS) is 10.7. The van der Waals surface area contributed by atoms with Crippen molar-refractivity contribution in [2.75, 3.05) is 10.6 Å². The van der Waals surface area contributed by atoms with Gasteiger partial charge >= 0.3 is 0 Å². The Balaban J connectivity index is 1.52. The van der Waals surface area contributed by atoms with Crippen molar-refractivity contribution in [3.63, 3.8) is 0 Å². The molecule has 0 saturated carbocycles. The van der Waals surface area contributed by atoms with Crippen LogP contribution < -0.4 is 10.6 Å². The second-order valence-corrected chi connectivity index (χ2v) is 5.80. The minimum Gasteiger partial charge on any atom is -0.354 e. The summed E-state index contributed by atoms with van der Waals surface area (Å²) in [5.41, 5.74) is 1.87. The van der Waals surface area contributed by atoms with Crippen molar-refractivity contribution in [3.05, 3.63) is 72.1 Å². The molecule has 2 aromatic heterocycles. The number of carbonyl (C=O) groups excluding carboxylic acids is 1. The molecule has 0 aliphatic rings. The monoisotopic (exact) mass is 337 g/mol. The average Bonchev–Trinajstić information content (AvgIpc) is 3.07. The zero-order chi connectivity index (χ0) is 16.6. The maximum atomic E-state index is 11.9. The van der Waals surface area contributed by atoms with E-state index in [0.29, 0.717) is 16.8 Å². The molecule has 120 valence electrons. The van der Waals surface area contributed by atoms with E-state index < -0.39 is 0 Å². The van der Waals surface area contributed by atoms with Crippen LogP contribution in [0.15, 0.2) is 60.8 Å².